The van der Waals surface area contributed by atoms with E-state index in [2.05, 4.69) is 31.6 Å². The lowest BCUT2D eigenvalue weighted by Gasteiger charge is -2.15. The topological polar surface area (TPSA) is 101 Å². The van der Waals surface area contributed by atoms with Gasteiger partial charge in [0.15, 0.2) is 0 Å². The quantitative estimate of drug-likeness (QED) is 0.218. The molecule has 9 nitrogen and oxygen atoms in total. The van der Waals surface area contributed by atoms with Crippen LogP contribution >= 0.6 is 0 Å². The fourth-order valence-corrected chi connectivity index (χ4v) is 2.72. The number of hydrogen-bond acceptors (Lipinski definition) is 9. The average molecular weight is 461 g/mol. The van der Waals surface area contributed by atoms with E-state index < -0.39 is 6.29 Å². The van der Waals surface area contributed by atoms with Crippen LogP contribution in [-0.4, -0.2) is 46.3 Å². The Morgan fingerprint density at radius 1 is 0.500 bits per heavy atom. The molecule has 0 saturated carbocycles. The fourth-order valence-electron chi connectivity index (χ4n) is 2.72. The summed E-state index contributed by atoms with van der Waals surface area (Å²) in [6, 6.07) is 22.6. The number of methoxy groups -OCH3 is 3. The Labute approximate surface area is 199 Å². The lowest BCUT2D eigenvalue weighted by molar-refractivity contribution is 0.380. The number of nitrogens with zero attached hydrogens (tertiary/aromatic N) is 3. The van der Waals surface area contributed by atoms with Gasteiger partial charge in [-0.2, -0.15) is 15.3 Å². The molecule has 0 radical (unpaired) electrons. The van der Waals surface area contributed by atoms with Gasteiger partial charge in [-0.15, -0.1) is 0 Å². The Morgan fingerprint density at radius 2 is 0.765 bits per heavy atom. The molecule has 3 aromatic rings. The van der Waals surface area contributed by atoms with E-state index >= 15 is 0 Å². The summed E-state index contributed by atoms with van der Waals surface area (Å²) in [4.78, 5) is 0. The van der Waals surface area contributed by atoms with Gasteiger partial charge in [0.2, 0.25) is 6.29 Å². The van der Waals surface area contributed by atoms with Gasteiger partial charge in [0.05, 0.1) is 40.0 Å². The smallest absolute Gasteiger partial charge is 0.218 e. The predicted molar refractivity (Wildman–Crippen MR) is 135 cm³/mol. The van der Waals surface area contributed by atoms with Crippen molar-refractivity contribution in [2.45, 2.75) is 6.29 Å². The van der Waals surface area contributed by atoms with Crippen LogP contribution in [0.5, 0.6) is 17.2 Å². The lowest BCUT2D eigenvalue weighted by Crippen LogP contribution is -2.46. The molecule has 34 heavy (non-hydrogen) atoms. The summed E-state index contributed by atoms with van der Waals surface area (Å²) >= 11 is 0. The fraction of sp³-hybridized carbons (Fsp3) is 0.160. The second-order valence-electron chi connectivity index (χ2n) is 6.91. The number of hydrogen-bond donors (Lipinski definition) is 3. The summed E-state index contributed by atoms with van der Waals surface area (Å²) in [6.45, 7) is 0. The van der Waals surface area contributed by atoms with Crippen LogP contribution in [0.1, 0.15) is 16.7 Å². The highest BCUT2D eigenvalue weighted by Gasteiger charge is 2.02. The Balaban J connectivity index is 1.62. The molecule has 0 saturated heterocycles. The van der Waals surface area contributed by atoms with Crippen molar-refractivity contribution in [3.63, 3.8) is 0 Å². The summed E-state index contributed by atoms with van der Waals surface area (Å²) in [5.74, 6) is 2.35. The molecule has 0 bridgehead atoms. The Hall–Kier alpha value is -4.53. The molecule has 3 N–H and O–H groups in total. The van der Waals surface area contributed by atoms with Gasteiger partial charge in [-0.3, -0.25) is 16.3 Å². The molecule has 0 heterocycles. The van der Waals surface area contributed by atoms with Crippen LogP contribution in [0.3, 0.4) is 0 Å². The monoisotopic (exact) mass is 460 g/mol. The molecule has 0 aliphatic rings. The summed E-state index contributed by atoms with van der Waals surface area (Å²) < 4.78 is 15.5. The van der Waals surface area contributed by atoms with Gasteiger partial charge in [-0.1, -0.05) is 0 Å². The molecule has 0 aliphatic carbocycles. The zero-order valence-electron chi connectivity index (χ0n) is 19.3. The maximum atomic E-state index is 5.17. The summed E-state index contributed by atoms with van der Waals surface area (Å²) in [7, 11) is 4.89. The van der Waals surface area contributed by atoms with Crippen LogP contribution in [-0.2, 0) is 0 Å². The van der Waals surface area contributed by atoms with Crippen molar-refractivity contribution in [2.75, 3.05) is 21.3 Å². The van der Waals surface area contributed by atoms with Crippen LogP contribution < -0.4 is 30.5 Å². The Kier molecular flexibility index (Phi) is 9.31. The molecule has 176 valence electrons. The van der Waals surface area contributed by atoms with Gasteiger partial charge < -0.3 is 14.2 Å². The third-order valence-corrected chi connectivity index (χ3v) is 4.60. The molecule has 0 fully saturated rings. The molecule has 0 spiro atoms. The van der Waals surface area contributed by atoms with E-state index in [1.807, 2.05) is 72.8 Å². The largest absolute Gasteiger partial charge is 0.497 e. The zero-order valence-corrected chi connectivity index (χ0v) is 19.3. The third kappa shape index (κ3) is 7.86. The first kappa shape index (κ1) is 24.1. The molecule has 3 aromatic carbocycles. The Bertz CT molecular complexity index is 940. The van der Waals surface area contributed by atoms with Gasteiger partial charge >= 0.3 is 0 Å². The highest BCUT2D eigenvalue weighted by molar-refractivity contribution is 5.80. The second-order valence-corrected chi connectivity index (χ2v) is 6.91. The summed E-state index contributed by atoms with van der Waals surface area (Å²) in [5, 5.41) is 12.8. The van der Waals surface area contributed by atoms with Gasteiger partial charge in [0.25, 0.3) is 0 Å². The first-order valence-corrected chi connectivity index (χ1v) is 10.5. The standard InChI is InChI=1S/C25H28N6O3/c1-32-22-10-4-19(5-11-22)16-26-29-25(30-27-17-20-6-12-23(33-2)13-7-20)31-28-18-21-8-14-24(34-3)15-9-21/h4-18,25,29-31H,1-3H3/b26-16+,27-17?,28-18?. The molecule has 0 aromatic heterocycles. The first-order valence-electron chi connectivity index (χ1n) is 10.5. The first-order chi connectivity index (χ1) is 16.7. The van der Waals surface area contributed by atoms with E-state index in [-0.39, 0.29) is 0 Å². The SMILES string of the molecule is COc1ccc(C=NNC(NN=Cc2ccc(OC)cc2)N/N=C/c2ccc(OC)cc2)cc1. The van der Waals surface area contributed by atoms with E-state index in [1.54, 1.807) is 40.0 Å². The van der Waals surface area contributed by atoms with Crippen molar-refractivity contribution in [3.05, 3.63) is 89.5 Å². The predicted octanol–water partition coefficient (Wildman–Crippen LogP) is 3.17. The highest BCUT2D eigenvalue weighted by atomic mass is 16.5. The van der Waals surface area contributed by atoms with Crippen LogP contribution in [0, 0.1) is 0 Å². The maximum Gasteiger partial charge on any atom is 0.218 e. The minimum Gasteiger partial charge on any atom is -0.497 e. The molecule has 0 unspecified atom stereocenters. The van der Waals surface area contributed by atoms with Gasteiger partial charge in [0.1, 0.15) is 17.2 Å². The van der Waals surface area contributed by atoms with Crippen molar-refractivity contribution >= 4 is 18.6 Å². The van der Waals surface area contributed by atoms with Crippen molar-refractivity contribution in [1.29, 1.82) is 0 Å². The molecule has 9 heteroatoms. The second kappa shape index (κ2) is 13.1. The van der Waals surface area contributed by atoms with E-state index in [0.29, 0.717) is 0 Å². The van der Waals surface area contributed by atoms with Crippen molar-refractivity contribution in [3.8, 4) is 17.2 Å². The molecular formula is C25H28N6O3. The van der Waals surface area contributed by atoms with Gasteiger partial charge in [-0.25, -0.2) is 0 Å². The number of rotatable bonds is 12. The summed E-state index contributed by atoms with van der Waals surface area (Å²) in [6.07, 6.45) is 4.50. The zero-order chi connectivity index (χ0) is 24.0. The van der Waals surface area contributed by atoms with Gasteiger partial charge in [-0.05, 0) is 89.5 Å². The molecule has 0 atom stereocenters. The molecule has 0 amide bonds. The van der Waals surface area contributed by atoms with Crippen molar-refractivity contribution in [2.24, 2.45) is 15.3 Å². The highest BCUT2D eigenvalue weighted by Crippen LogP contribution is 2.11. The number of hydrazone groups is 3. The van der Waals surface area contributed by atoms with Crippen LogP contribution in [0.25, 0.3) is 0 Å². The maximum absolute atomic E-state index is 5.17. The summed E-state index contributed by atoms with van der Waals surface area (Å²) in [5.41, 5.74) is 11.6. The van der Waals surface area contributed by atoms with E-state index in [9.17, 15) is 0 Å². The molecular weight excluding hydrogens is 432 g/mol. The van der Waals surface area contributed by atoms with E-state index in [1.165, 1.54) is 0 Å². The lowest BCUT2D eigenvalue weighted by atomic mass is 10.2. The van der Waals surface area contributed by atoms with Crippen molar-refractivity contribution < 1.29 is 14.2 Å². The van der Waals surface area contributed by atoms with Crippen LogP contribution in [0.2, 0.25) is 0 Å². The number of nitrogens with one attached hydrogen (secondary N) is 3. The third-order valence-electron chi connectivity index (χ3n) is 4.60. The molecule has 0 aliphatic heterocycles. The van der Waals surface area contributed by atoms with Crippen molar-refractivity contribution in [1.82, 2.24) is 16.3 Å². The minimum absolute atomic E-state index is 0.571. The van der Waals surface area contributed by atoms with Gasteiger partial charge in [0, 0.05) is 0 Å². The number of benzene rings is 3. The number of ether oxygens (including phenoxy) is 3. The minimum atomic E-state index is -0.571. The van der Waals surface area contributed by atoms with E-state index in [4.69, 9.17) is 14.2 Å². The normalized spacial score (nSPS) is 12.1. The molecule has 3 rings (SSSR count). The van der Waals surface area contributed by atoms with Crippen LogP contribution in [0.15, 0.2) is 88.1 Å². The van der Waals surface area contributed by atoms with E-state index in [0.717, 1.165) is 33.9 Å². The Morgan fingerprint density at radius 3 is 1.00 bits per heavy atom. The van der Waals surface area contributed by atoms with Crippen LogP contribution in [0.4, 0.5) is 0 Å². The average Bonchev–Trinajstić information content (AvgIpc) is 2.89.